The summed E-state index contributed by atoms with van der Waals surface area (Å²) in [7, 11) is 0. The first-order valence-corrected chi connectivity index (χ1v) is 7.65. The molecule has 104 valence electrons. The number of rotatable bonds is 5. The maximum absolute atomic E-state index is 10.6. The van der Waals surface area contributed by atoms with E-state index in [1.807, 2.05) is 0 Å². The summed E-state index contributed by atoms with van der Waals surface area (Å²) in [5.41, 5.74) is 0. The van der Waals surface area contributed by atoms with Crippen molar-refractivity contribution >= 4 is 5.97 Å². The number of likely N-dealkylation sites (tertiary alicyclic amines) is 1. The highest BCUT2D eigenvalue weighted by atomic mass is 16.4. The van der Waals surface area contributed by atoms with Crippen molar-refractivity contribution in [3.05, 3.63) is 0 Å². The quantitative estimate of drug-likeness (QED) is 0.818. The highest BCUT2D eigenvalue weighted by Gasteiger charge is 2.30. The summed E-state index contributed by atoms with van der Waals surface area (Å²) >= 11 is 0. The van der Waals surface area contributed by atoms with Gasteiger partial charge in [-0.3, -0.25) is 4.79 Å². The van der Waals surface area contributed by atoms with Gasteiger partial charge in [0, 0.05) is 19.0 Å². The highest BCUT2D eigenvalue weighted by Crippen LogP contribution is 2.32. The fraction of sp³-hybridized carbons (Fsp3) is 0.933. The first-order valence-electron chi connectivity index (χ1n) is 7.65. The molecule has 1 saturated heterocycles. The van der Waals surface area contributed by atoms with Gasteiger partial charge in [-0.2, -0.15) is 0 Å². The molecule has 1 aliphatic heterocycles. The van der Waals surface area contributed by atoms with Crippen molar-refractivity contribution in [1.82, 2.24) is 4.90 Å². The van der Waals surface area contributed by atoms with Crippen LogP contribution in [0.25, 0.3) is 0 Å². The molecule has 1 aliphatic carbocycles. The molecule has 0 radical (unpaired) electrons. The first-order chi connectivity index (χ1) is 8.69. The van der Waals surface area contributed by atoms with Crippen molar-refractivity contribution < 1.29 is 9.90 Å². The second kappa shape index (κ2) is 6.55. The van der Waals surface area contributed by atoms with Crippen molar-refractivity contribution in [3.8, 4) is 0 Å². The van der Waals surface area contributed by atoms with Crippen LogP contribution in [-0.2, 0) is 4.79 Å². The highest BCUT2D eigenvalue weighted by molar-refractivity contribution is 5.66. The molecule has 3 heteroatoms. The van der Waals surface area contributed by atoms with E-state index in [1.165, 1.54) is 45.1 Å². The topological polar surface area (TPSA) is 40.5 Å². The van der Waals surface area contributed by atoms with Gasteiger partial charge in [0.1, 0.15) is 0 Å². The Bertz CT molecular complexity index is 272. The summed E-state index contributed by atoms with van der Waals surface area (Å²) in [5.74, 6) is 0.952. The summed E-state index contributed by atoms with van der Waals surface area (Å²) in [6.45, 7) is 4.66. The normalized spacial score (nSPS) is 33.7. The Morgan fingerprint density at radius 3 is 2.50 bits per heavy atom. The van der Waals surface area contributed by atoms with Gasteiger partial charge in [0.25, 0.3) is 0 Å². The number of carbonyl (C=O) groups is 1. The van der Waals surface area contributed by atoms with E-state index in [4.69, 9.17) is 5.11 Å². The van der Waals surface area contributed by atoms with Crippen LogP contribution >= 0.6 is 0 Å². The second-order valence-corrected chi connectivity index (χ2v) is 6.16. The number of carboxylic acid groups (broad SMARTS) is 1. The van der Waals surface area contributed by atoms with Crippen LogP contribution in [0.15, 0.2) is 0 Å². The SMILES string of the molecule is CCC1CCC(N2CCC(CCC(=O)O)C2)CC1. The Labute approximate surface area is 111 Å². The molecular weight excluding hydrogens is 226 g/mol. The predicted octanol–water partition coefficient (Wildman–Crippen LogP) is 3.14. The van der Waals surface area contributed by atoms with Crippen molar-refractivity contribution in [2.45, 2.75) is 64.3 Å². The Hall–Kier alpha value is -0.570. The van der Waals surface area contributed by atoms with Crippen LogP contribution in [0, 0.1) is 11.8 Å². The van der Waals surface area contributed by atoms with Gasteiger partial charge >= 0.3 is 5.97 Å². The number of carboxylic acids is 1. The number of hydrogen-bond donors (Lipinski definition) is 1. The molecule has 3 nitrogen and oxygen atoms in total. The molecule has 0 bridgehead atoms. The third-order valence-corrected chi connectivity index (χ3v) is 4.99. The van der Waals surface area contributed by atoms with Gasteiger partial charge in [0.05, 0.1) is 0 Å². The van der Waals surface area contributed by atoms with Gasteiger partial charge in [-0.15, -0.1) is 0 Å². The molecule has 1 unspecified atom stereocenters. The van der Waals surface area contributed by atoms with E-state index >= 15 is 0 Å². The Morgan fingerprint density at radius 2 is 1.89 bits per heavy atom. The third-order valence-electron chi connectivity index (χ3n) is 4.99. The van der Waals surface area contributed by atoms with Gasteiger partial charge in [-0.25, -0.2) is 0 Å². The van der Waals surface area contributed by atoms with E-state index in [0.717, 1.165) is 24.9 Å². The van der Waals surface area contributed by atoms with Crippen LogP contribution in [0.1, 0.15) is 58.3 Å². The molecule has 1 saturated carbocycles. The molecule has 18 heavy (non-hydrogen) atoms. The molecule has 2 rings (SSSR count). The molecule has 0 aromatic carbocycles. The molecule has 1 atom stereocenters. The van der Waals surface area contributed by atoms with Crippen LogP contribution in [0.2, 0.25) is 0 Å². The molecule has 1 heterocycles. The smallest absolute Gasteiger partial charge is 0.303 e. The molecule has 0 aromatic rings. The van der Waals surface area contributed by atoms with Crippen molar-refractivity contribution in [2.24, 2.45) is 11.8 Å². The van der Waals surface area contributed by atoms with E-state index in [2.05, 4.69) is 11.8 Å². The zero-order chi connectivity index (χ0) is 13.0. The van der Waals surface area contributed by atoms with Gasteiger partial charge in [-0.1, -0.05) is 13.3 Å². The Morgan fingerprint density at radius 1 is 1.17 bits per heavy atom. The maximum atomic E-state index is 10.6. The summed E-state index contributed by atoms with van der Waals surface area (Å²) in [6.07, 6.45) is 9.30. The minimum absolute atomic E-state index is 0.348. The van der Waals surface area contributed by atoms with Gasteiger partial charge in [0.2, 0.25) is 0 Å². The fourth-order valence-electron chi connectivity index (χ4n) is 3.68. The number of aliphatic carboxylic acids is 1. The van der Waals surface area contributed by atoms with Crippen LogP contribution in [0.3, 0.4) is 0 Å². The van der Waals surface area contributed by atoms with Crippen molar-refractivity contribution in [3.63, 3.8) is 0 Å². The van der Waals surface area contributed by atoms with E-state index < -0.39 is 5.97 Å². The minimum atomic E-state index is -0.642. The van der Waals surface area contributed by atoms with E-state index in [9.17, 15) is 4.79 Å². The Balaban J connectivity index is 1.70. The lowest BCUT2D eigenvalue weighted by Gasteiger charge is -2.34. The van der Waals surface area contributed by atoms with Gasteiger partial charge in [0.15, 0.2) is 0 Å². The van der Waals surface area contributed by atoms with Crippen LogP contribution < -0.4 is 0 Å². The summed E-state index contributed by atoms with van der Waals surface area (Å²) in [4.78, 5) is 13.2. The lowest BCUT2D eigenvalue weighted by molar-refractivity contribution is -0.137. The van der Waals surface area contributed by atoms with E-state index in [0.29, 0.717) is 12.3 Å². The summed E-state index contributed by atoms with van der Waals surface area (Å²) in [5, 5.41) is 8.73. The molecule has 2 fully saturated rings. The number of nitrogens with zero attached hydrogens (tertiary/aromatic N) is 1. The Kier molecular flexibility index (Phi) is 5.04. The molecule has 0 amide bonds. The molecule has 0 aromatic heterocycles. The largest absolute Gasteiger partial charge is 0.481 e. The second-order valence-electron chi connectivity index (χ2n) is 6.16. The van der Waals surface area contributed by atoms with Gasteiger partial charge in [-0.05, 0) is 56.9 Å². The zero-order valence-electron chi connectivity index (χ0n) is 11.6. The summed E-state index contributed by atoms with van der Waals surface area (Å²) in [6, 6.07) is 0.794. The predicted molar refractivity (Wildman–Crippen MR) is 72.6 cm³/mol. The lowest BCUT2D eigenvalue weighted by Crippen LogP contribution is -2.36. The lowest BCUT2D eigenvalue weighted by atomic mass is 9.84. The average molecular weight is 253 g/mol. The average Bonchev–Trinajstić information content (AvgIpc) is 2.85. The first kappa shape index (κ1) is 13.9. The third kappa shape index (κ3) is 3.71. The van der Waals surface area contributed by atoms with E-state index in [-0.39, 0.29) is 0 Å². The van der Waals surface area contributed by atoms with Gasteiger partial charge < -0.3 is 10.0 Å². The molecular formula is C15H27NO2. The minimum Gasteiger partial charge on any atom is -0.481 e. The van der Waals surface area contributed by atoms with Crippen LogP contribution in [-0.4, -0.2) is 35.1 Å². The van der Waals surface area contributed by atoms with Crippen molar-refractivity contribution in [1.29, 1.82) is 0 Å². The molecule has 0 spiro atoms. The maximum Gasteiger partial charge on any atom is 0.303 e. The monoisotopic (exact) mass is 253 g/mol. The summed E-state index contributed by atoms with van der Waals surface area (Å²) < 4.78 is 0. The molecule has 1 N–H and O–H groups in total. The number of hydrogen-bond acceptors (Lipinski definition) is 2. The fourth-order valence-corrected chi connectivity index (χ4v) is 3.68. The van der Waals surface area contributed by atoms with Crippen LogP contribution in [0.4, 0.5) is 0 Å². The van der Waals surface area contributed by atoms with E-state index in [1.54, 1.807) is 0 Å². The standard InChI is InChI=1S/C15H27NO2/c1-2-12-3-6-14(7-4-12)16-10-9-13(11-16)5-8-15(17)18/h12-14H,2-11H2,1H3,(H,17,18). The zero-order valence-corrected chi connectivity index (χ0v) is 11.6. The van der Waals surface area contributed by atoms with Crippen molar-refractivity contribution in [2.75, 3.05) is 13.1 Å². The van der Waals surface area contributed by atoms with Crippen LogP contribution in [0.5, 0.6) is 0 Å². The molecule has 2 aliphatic rings.